The molecule has 1 amide bonds. The van der Waals surface area contributed by atoms with Gasteiger partial charge in [0, 0.05) is 11.0 Å². The first kappa shape index (κ1) is 22.5. The number of amides is 1. The molecule has 1 atom stereocenters. The number of thiophene rings is 1. The molecule has 2 N–H and O–H groups in total. The number of halogens is 6. The highest BCUT2D eigenvalue weighted by atomic mass is 32.1. The highest BCUT2D eigenvalue weighted by Crippen LogP contribution is 2.36. The van der Waals surface area contributed by atoms with Crippen LogP contribution in [0.5, 0.6) is 0 Å². The van der Waals surface area contributed by atoms with E-state index in [0.717, 1.165) is 35.6 Å². The van der Waals surface area contributed by atoms with E-state index in [1.165, 1.54) is 13.0 Å². The summed E-state index contributed by atoms with van der Waals surface area (Å²) >= 11 is 0.822. The molecule has 1 unspecified atom stereocenters. The summed E-state index contributed by atoms with van der Waals surface area (Å²) in [5.74, 6) is -2.38. The number of carbonyl (C=O) groups excluding carboxylic acids is 1. The number of hydrogen-bond acceptors (Lipinski definition) is 3. The van der Waals surface area contributed by atoms with Gasteiger partial charge in [-0.3, -0.25) is 4.79 Å². The third-order valence-electron chi connectivity index (χ3n) is 3.69. The van der Waals surface area contributed by atoms with Crippen molar-refractivity contribution in [2.45, 2.75) is 25.3 Å². The van der Waals surface area contributed by atoms with Crippen molar-refractivity contribution in [2.75, 3.05) is 0 Å². The van der Waals surface area contributed by atoms with E-state index in [2.05, 4.69) is 0 Å². The SMILES string of the molecule is Cc1cc(/C=C/C(=O)NC(c2cccc(C(F)(F)F)c2)C(F)(F)F)sc1C(=O)O. The van der Waals surface area contributed by atoms with Crippen molar-refractivity contribution < 1.29 is 41.0 Å². The minimum atomic E-state index is -5.04. The van der Waals surface area contributed by atoms with Gasteiger partial charge in [-0.1, -0.05) is 12.1 Å². The number of carboxylic acid groups (broad SMARTS) is 1. The van der Waals surface area contributed by atoms with Crippen LogP contribution in [0.3, 0.4) is 0 Å². The summed E-state index contributed by atoms with van der Waals surface area (Å²) in [7, 11) is 0. The molecule has 0 aliphatic rings. The Morgan fingerprint density at radius 3 is 2.31 bits per heavy atom. The maximum Gasteiger partial charge on any atom is 0.416 e. The molecule has 0 saturated carbocycles. The van der Waals surface area contributed by atoms with Crippen LogP contribution in [0, 0.1) is 6.92 Å². The molecule has 0 saturated heterocycles. The molecule has 0 bridgehead atoms. The predicted molar refractivity (Wildman–Crippen MR) is 93.4 cm³/mol. The van der Waals surface area contributed by atoms with E-state index in [9.17, 15) is 35.9 Å². The third kappa shape index (κ3) is 5.83. The van der Waals surface area contributed by atoms with E-state index >= 15 is 0 Å². The van der Waals surface area contributed by atoms with Gasteiger partial charge in [-0.05, 0) is 42.3 Å². The highest BCUT2D eigenvalue weighted by molar-refractivity contribution is 7.15. The molecule has 1 aromatic carbocycles. The van der Waals surface area contributed by atoms with E-state index in [1.807, 2.05) is 0 Å². The number of carbonyl (C=O) groups is 2. The van der Waals surface area contributed by atoms with Crippen LogP contribution in [0.2, 0.25) is 0 Å². The first-order valence-electron chi connectivity index (χ1n) is 7.85. The Labute approximate surface area is 164 Å². The van der Waals surface area contributed by atoms with Gasteiger partial charge in [0.05, 0.1) is 5.56 Å². The van der Waals surface area contributed by atoms with Crippen molar-refractivity contribution in [3.8, 4) is 0 Å². The van der Waals surface area contributed by atoms with Gasteiger partial charge in [-0.25, -0.2) is 4.79 Å². The quantitative estimate of drug-likeness (QED) is 0.499. The second-order valence-electron chi connectivity index (χ2n) is 5.91. The summed E-state index contributed by atoms with van der Waals surface area (Å²) in [6.07, 6.45) is -8.00. The zero-order valence-corrected chi connectivity index (χ0v) is 15.4. The van der Waals surface area contributed by atoms with Gasteiger partial charge in [0.15, 0.2) is 6.04 Å². The lowest BCUT2D eigenvalue weighted by Crippen LogP contribution is -2.37. The van der Waals surface area contributed by atoms with Crippen molar-refractivity contribution >= 4 is 29.3 Å². The molecule has 2 rings (SSSR count). The van der Waals surface area contributed by atoms with Gasteiger partial charge in [0.1, 0.15) is 4.88 Å². The molecule has 11 heteroatoms. The van der Waals surface area contributed by atoms with Gasteiger partial charge in [0.25, 0.3) is 0 Å². The average Bonchev–Trinajstić information content (AvgIpc) is 2.97. The lowest BCUT2D eigenvalue weighted by molar-refractivity contribution is -0.162. The maximum absolute atomic E-state index is 13.3. The molecule has 0 spiro atoms. The fourth-order valence-electron chi connectivity index (χ4n) is 2.40. The second-order valence-corrected chi connectivity index (χ2v) is 6.99. The van der Waals surface area contributed by atoms with Crippen LogP contribution >= 0.6 is 11.3 Å². The van der Waals surface area contributed by atoms with Crippen LogP contribution in [-0.4, -0.2) is 23.2 Å². The van der Waals surface area contributed by atoms with Crippen LogP contribution in [-0.2, 0) is 11.0 Å². The maximum atomic E-state index is 13.3. The summed E-state index contributed by atoms with van der Waals surface area (Å²) in [6.45, 7) is 1.52. The molecule has 0 aliphatic heterocycles. The van der Waals surface area contributed by atoms with Crippen molar-refractivity contribution in [2.24, 2.45) is 0 Å². The fourth-order valence-corrected chi connectivity index (χ4v) is 3.31. The Morgan fingerprint density at radius 2 is 1.79 bits per heavy atom. The number of carboxylic acids is 1. The standard InChI is InChI=1S/C18H13F6NO3S/c1-9-7-12(29-14(9)16(27)28)5-6-13(26)25-15(18(22,23)24)10-3-2-4-11(8-10)17(19,20)21/h2-8,15H,1H3,(H,25,26)(H,27,28)/b6-5+. The summed E-state index contributed by atoms with van der Waals surface area (Å²) in [5.41, 5.74) is -1.63. The lowest BCUT2D eigenvalue weighted by Gasteiger charge is -2.22. The highest BCUT2D eigenvalue weighted by Gasteiger charge is 2.42. The van der Waals surface area contributed by atoms with Crippen LogP contribution in [0.4, 0.5) is 26.3 Å². The molecule has 0 fully saturated rings. The number of benzene rings is 1. The largest absolute Gasteiger partial charge is 0.477 e. The van der Waals surface area contributed by atoms with E-state index in [4.69, 9.17) is 5.11 Å². The molecule has 29 heavy (non-hydrogen) atoms. The van der Waals surface area contributed by atoms with E-state index < -0.39 is 41.4 Å². The van der Waals surface area contributed by atoms with Crippen LogP contribution in [0.15, 0.2) is 36.4 Å². The normalized spacial score (nSPS) is 13.5. The Kier molecular flexibility index (Phi) is 6.41. The third-order valence-corrected chi connectivity index (χ3v) is 4.88. The van der Waals surface area contributed by atoms with E-state index in [-0.39, 0.29) is 4.88 Å². The first-order chi connectivity index (χ1) is 13.3. The minimum Gasteiger partial charge on any atom is -0.477 e. The smallest absolute Gasteiger partial charge is 0.416 e. The molecule has 4 nitrogen and oxygen atoms in total. The number of nitrogens with one attached hydrogen (secondary N) is 1. The molecule has 0 radical (unpaired) electrons. The number of aromatic carboxylic acids is 1. The predicted octanol–water partition coefficient (Wildman–Crippen LogP) is 5.21. The Balaban J connectivity index is 2.24. The molecule has 2 aromatic rings. The molecular weight excluding hydrogens is 424 g/mol. The number of hydrogen-bond donors (Lipinski definition) is 2. The zero-order chi connectivity index (χ0) is 22.0. The molecule has 0 aliphatic carbocycles. The van der Waals surface area contributed by atoms with Gasteiger partial charge in [-0.2, -0.15) is 26.3 Å². The Morgan fingerprint density at radius 1 is 1.14 bits per heavy atom. The van der Waals surface area contributed by atoms with Crippen molar-refractivity contribution in [1.29, 1.82) is 0 Å². The van der Waals surface area contributed by atoms with Crippen molar-refractivity contribution in [3.63, 3.8) is 0 Å². The fraction of sp³-hybridized carbons (Fsp3) is 0.222. The van der Waals surface area contributed by atoms with Crippen molar-refractivity contribution in [1.82, 2.24) is 5.32 Å². The summed E-state index contributed by atoms with van der Waals surface area (Å²) < 4.78 is 78.3. The number of rotatable bonds is 5. The second kappa shape index (κ2) is 8.27. The zero-order valence-electron chi connectivity index (χ0n) is 14.6. The van der Waals surface area contributed by atoms with Gasteiger partial charge in [-0.15, -0.1) is 11.3 Å². The lowest BCUT2D eigenvalue weighted by atomic mass is 10.0. The Hall–Kier alpha value is -2.82. The monoisotopic (exact) mass is 437 g/mol. The van der Waals surface area contributed by atoms with Gasteiger partial charge in [0.2, 0.25) is 5.91 Å². The average molecular weight is 437 g/mol. The van der Waals surface area contributed by atoms with Crippen LogP contribution < -0.4 is 5.32 Å². The topological polar surface area (TPSA) is 66.4 Å². The molecular formula is C18H13F6NO3S. The van der Waals surface area contributed by atoms with Crippen LogP contribution in [0.25, 0.3) is 6.08 Å². The number of aryl methyl sites for hydroxylation is 1. The molecule has 156 valence electrons. The van der Waals surface area contributed by atoms with E-state index in [1.54, 1.807) is 5.32 Å². The molecule has 1 aromatic heterocycles. The summed E-state index contributed by atoms with van der Waals surface area (Å²) in [6, 6.07) is 1.38. The van der Waals surface area contributed by atoms with Gasteiger partial charge < -0.3 is 10.4 Å². The van der Waals surface area contributed by atoms with Crippen molar-refractivity contribution in [3.05, 3.63) is 62.9 Å². The summed E-state index contributed by atoms with van der Waals surface area (Å²) in [5, 5.41) is 10.6. The summed E-state index contributed by atoms with van der Waals surface area (Å²) in [4.78, 5) is 23.2. The first-order valence-corrected chi connectivity index (χ1v) is 8.67. The van der Waals surface area contributed by atoms with Crippen LogP contribution in [0.1, 0.15) is 37.3 Å². The minimum absolute atomic E-state index is 0.0159. The number of alkyl halides is 6. The van der Waals surface area contributed by atoms with Gasteiger partial charge >= 0.3 is 18.3 Å². The molecule has 1 heterocycles. The Bertz CT molecular complexity index is 946. The van der Waals surface area contributed by atoms with E-state index in [0.29, 0.717) is 22.6 Å².